The molecule has 0 aromatic carbocycles. The minimum Gasteiger partial charge on any atom is -0.465 e. The van der Waals surface area contributed by atoms with Crippen LogP contribution in [-0.4, -0.2) is 18.1 Å². The van der Waals surface area contributed by atoms with Gasteiger partial charge in [-0.2, -0.15) is 0 Å². The first-order valence-corrected chi connectivity index (χ1v) is 5.12. The van der Waals surface area contributed by atoms with Crippen LogP contribution in [0.15, 0.2) is 5.51 Å². The summed E-state index contributed by atoms with van der Waals surface area (Å²) >= 11 is 4.64. The summed E-state index contributed by atoms with van der Waals surface area (Å²) in [5, 5.41) is 0. The van der Waals surface area contributed by atoms with Gasteiger partial charge in [-0.05, 0) is 6.92 Å². The van der Waals surface area contributed by atoms with Crippen LogP contribution in [0.5, 0.6) is 0 Å². The average Bonchev–Trinajstić information content (AvgIpc) is 2.50. The number of carbonyl (C=O) groups is 1. The molecule has 0 aliphatic heterocycles. The highest BCUT2D eigenvalue weighted by atomic mass is 79.9. The Labute approximate surface area is 82.9 Å². The first-order chi connectivity index (χ1) is 5.66. The summed E-state index contributed by atoms with van der Waals surface area (Å²) in [6.45, 7) is 1.92. The van der Waals surface area contributed by atoms with Gasteiger partial charge < -0.3 is 4.74 Å². The van der Waals surface area contributed by atoms with Gasteiger partial charge >= 0.3 is 5.97 Å². The monoisotopic (exact) mass is 249 g/mol. The smallest absolute Gasteiger partial charge is 0.350 e. The Morgan fingerprint density at radius 2 is 2.50 bits per heavy atom. The SMILES string of the molecule is COC(=O)c1scnc1C(C)Br. The van der Waals surface area contributed by atoms with Crippen LogP contribution in [0, 0.1) is 0 Å². The summed E-state index contributed by atoms with van der Waals surface area (Å²) in [6, 6.07) is 0. The summed E-state index contributed by atoms with van der Waals surface area (Å²) in [7, 11) is 1.37. The average molecular weight is 250 g/mol. The predicted octanol–water partition coefficient (Wildman–Crippen LogP) is 2.39. The van der Waals surface area contributed by atoms with E-state index < -0.39 is 0 Å². The Bertz CT molecular complexity index is 285. The van der Waals surface area contributed by atoms with Crippen molar-refractivity contribution in [2.24, 2.45) is 0 Å². The number of hydrogen-bond acceptors (Lipinski definition) is 4. The van der Waals surface area contributed by atoms with Crippen molar-refractivity contribution < 1.29 is 9.53 Å². The maximum absolute atomic E-state index is 11.1. The lowest BCUT2D eigenvalue weighted by Gasteiger charge is -2.01. The lowest BCUT2D eigenvalue weighted by atomic mass is 10.3. The highest BCUT2D eigenvalue weighted by molar-refractivity contribution is 9.09. The number of nitrogens with zero attached hydrogens (tertiary/aromatic N) is 1. The molecule has 12 heavy (non-hydrogen) atoms. The zero-order chi connectivity index (χ0) is 9.14. The standard InChI is InChI=1S/C7H8BrNO2S/c1-4(8)5-6(7(10)11-2)12-3-9-5/h3-4H,1-2H3. The van der Waals surface area contributed by atoms with Crippen molar-refractivity contribution >= 4 is 33.2 Å². The lowest BCUT2D eigenvalue weighted by Crippen LogP contribution is -2.02. The van der Waals surface area contributed by atoms with E-state index in [1.807, 2.05) is 6.92 Å². The molecule has 0 aliphatic rings. The van der Waals surface area contributed by atoms with E-state index in [4.69, 9.17) is 0 Å². The number of thiazole rings is 1. The van der Waals surface area contributed by atoms with Gasteiger partial charge in [0.1, 0.15) is 4.88 Å². The molecule has 0 saturated carbocycles. The van der Waals surface area contributed by atoms with Gasteiger partial charge in [-0.1, -0.05) is 15.9 Å². The zero-order valence-electron chi connectivity index (χ0n) is 6.70. The topological polar surface area (TPSA) is 39.2 Å². The molecule has 5 heteroatoms. The van der Waals surface area contributed by atoms with Gasteiger partial charge in [-0.25, -0.2) is 9.78 Å². The summed E-state index contributed by atoms with van der Waals surface area (Å²) in [5.74, 6) is -0.321. The van der Waals surface area contributed by atoms with Gasteiger partial charge in [0.2, 0.25) is 0 Å². The predicted molar refractivity (Wildman–Crippen MR) is 50.8 cm³/mol. The van der Waals surface area contributed by atoms with Crippen molar-refractivity contribution in [3.05, 3.63) is 16.1 Å². The van der Waals surface area contributed by atoms with Crippen LogP contribution in [0.4, 0.5) is 0 Å². The van der Waals surface area contributed by atoms with E-state index in [0.29, 0.717) is 4.88 Å². The van der Waals surface area contributed by atoms with E-state index in [1.165, 1.54) is 18.4 Å². The molecule has 1 heterocycles. The maximum Gasteiger partial charge on any atom is 0.350 e. The maximum atomic E-state index is 11.1. The number of hydrogen-bond donors (Lipinski definition) is 0. The van der Waals surface area contributed by atoms with Crippen molar-refractivity contribution in [1.82, 2.24) is 4.98 Å². The van der Waals surface area contributed by atoms with E-state index >= 15 is 0 Å². The second-order valence-electron chi connectivity index (χ2n) is 2.17. The number of carbonyl (C=O) groups excluding carboxylic acids is 1. The molecule has 0 amide bonds. The molecule has 1 atom stereocenters. The Morgan fingerprint density at radius 1 is 1.83 bits per heavy atom. The summed E-state index contributed by atoms with van der Waals surface area (Å²) in [5.41, 5.74) is 2.38. The van der Waals surface area contributed by atoms with Gasteiger partial charge in [-0.15, -0.1) is 11.3 Å². The molecule has 66 valence electrons. The van der Waals surface area contributed by atoms with Gasteiger partial charge in [-0.3, -0.25) is 0 Å². The number of rotatable bonds is 2. The van der Waals surface area contributed by atoms with Crippen molar-refractivity contribution in [3.8, 4) is 0 Å². The van der Waals surface area contributed by atoms with Crippen LogP contribution in [0.3, 0.4) is 0 Å². The quantitative estimate of drug-likeness (QED) is 0.597. The van der Waals surface area contributed by atoms with Crippen molar-refractivity contribution in [2.75, 3.05) is 7.11 Å². The third-order valence-corrected chi connectivity index (χ3v) is 2.60. The van der Waals surface area contributed by atoms with Crippen molar-refractivity contribution in [2.45, 2.75) is 11.8 Å². The highest BCUT2D eigenvalue weighted by Gasteiger charge is 2.17. The van der Waals surface area contributed by atoms with Crippen molar-refractivity contribution in [1.29, 1.82) is 0 Å². The molecule has 1 aromatic heterocycles. The van der Waals surface area contributed by atoms with E-state index in [9.17, 15) is 4.79 Å². The van der Waals surface area contributed by atoms with E-state index in [0.717, 1.165) is 5.69 Å². The summed E-state index contributed by atoms with van der Waals surface area (Å²) in [6.07, 6.45) is 0. The first-order valence-electron chi connectivity index (χ1n) is 3.32. The third kappa shape index (κ3) is 1.84. The van der Waals surface area contributed by atoms with Gasteiger partial charge in [0.25, 0.3) is 0 Å². The Hall–Kier alpha value is -0.420. The molecule has 0 saturated heterocycles. The zero-order valence-corrected chi connectivity index (χ0v) is 9.11. The molecule has 1 rings (SSSR count). The lowest BCUT2D eigenvalue weighted by molar-refractivity contribution is 0.0605. The van der Waals surface area contributed by atoms with Crippen LogP contribution in [0.2, 0.25) is 0 Å². The second-order valence-corrected chi connectivity index (χ2v) is 4.40. The molecule has 0 radical (unpaired) electrons. The highest BCUT2D eigenvalue weighted by Crippen LogP contribution is 2.26. The van der Waals surface area contributed by atoms with Gasteiger partial charge in [0.15, 0.2) is 0 Å². The molecule has 0 bridgehead atoms. The van der Waals surface area contributed by atoms with E-state index in [1.54, 1.807) is 5.51 Å². The fourth-order valence-corrected chi connectivity index (χ4v) is 2.08. The van der Waals surface area contributed by atoms with E-state index in [2.05, 4.69) is 25.7 Å². The molecular weight excluding hydrogens is 242 g/mol. The first kappa shape index (κ1) is 9.67. The summed E-state index contributed by atoms with van der Waals surface area (Å²) in [4.78, 5) is 15.8. The van der Waals surface area contributed by atoms with E-state index in [-0.39, 0.29) is 10.8 Å². The molecule has 1 unspecified atom stereocenters. The third-order valence-electron chi connectivity index (χ3n) is 1.34. The van der Waals surface area contributed by atoms with Crippen LogP contribution >= 0.6 is 27.3 Å². The number of alkyl halides is 1. The Morgan fingerprint density at radius 3 is 3.00 bits per heavy atom. The summed E-state index contributed by atoms with van der Waals surface area (Å²) < 4.78 is 4.60. The molecule has 0 fully saturated rings. The van der Waals surface area contributed by atoms with Crippen molar-refractivity contribution in [3.63, 3.8) is 0 Å². The molecular formula is C7H8BrNO2S. The molecule has 3 nitrogen and oxygen atoms in total. The number of ether oxygens (including phenoxy) is 1. The normalized spacial score (nSPS) is 12.6. The Balaban J connectivity index is 2.99. The number of esters is 1. The second kappa shape index (κ2) is 4.00. The number of methoxy groups -OCH3 is 1. The van der Waals surface area contributed by atoms with Gasteiger partial charge in [0.05, 0.1) is 23.1 Å². The fraction of sp³-hybridized carbons (Fsp3) is 0.429. The van der Waals surface area contributed by atoms with Crippen LogP contribution < -0.4 is 0 Å². The molecule has 0 aliphatic carbocycles. The largest absolute Gasteiger partial charge is 0.465 e. The number of halogens is 1. The minimum atomic E-state index is -0.321. The number of aromatic nitrogens is 1. The fourth-order valence-electron chi connectivity index (χ4n) is 0.784. The molecule has 1 aromatic rings. The van der Waals surface area contributed by atoms with Crippen LogP contribution in [0.1, 0.15) is 27.1 Å². The Kier molecular flexibility index (Phi) is 3.22. The molecule has 0 N–H and O–H groups in total. The van der Waals surface area contributed by atoms with Gasteiger partial charge in [0, 0.05) is 0 Å². The van der Waals surface area contributed by atoms with Crippen LogP contribution in [0.25, 0.3) is 0 Å². The van der Waals surface area contributed by atoms with Crippen LogP contribution in [-0.2, 0) is 4.74 Å². The minimum absolute atomic E-state index is 0.0813. The molecule has 0 spiro atoms.